The Bertz CT molecular complexity index is 339. The molecule has 1 atom stereocenters. The van der Waals surface area contributed by atoms with Gasteiger partial charge >= 0.3 is 0 Å². The molecule has 0 radical (unpaired) electrons. The van der Waals surface area contributed by atoms with Crippen LogP contribution >= 0.6 is 44.3 Å². The van der Waals surface area contributed by atoms with E-state index in [-0.39, 0.29) is 18.4 Å². The highest BCUT2D eigenvalue weighted by molar-refractivity contribution is 9.13. The summed E-state index contributed by atoms with van der Waals surface area (Å²) in [6.07, 6.45) is 3.92. The minimum atomic E-state index is 0. The molecule has 4 heteroatoms. The molecule has 1 aromatic carbocycles. The van der Waals surface area contributed by atoms with Gasteiger partial charge in [-0.2, -0.15) is 0 Å². The Labute approximate surface area is 113 Å². The normalized spacial score (nSPS) is 17.8. The molecule has 2 N–H and O–H groups in total. The average molecular weight is 356 g/mol. The lowest BCUT2D eigenvalue weighted by molar-refractivity contribution is 0.264. The summed E-state index contributed by atoms with van der Waals surface area (Å²) in [6.45, 7) is 0. The Hall–Kier alpha value is 0.430. The molecule has 0 heterocycles. The van der Waals surface area contributed by atoms with Gasteiger partial charge in [-0.25, -0.2) is 0 Å². The highest BCUT2D eigenvalue weighted by atomic mass is 79.9. The van der Waals surface area contributed by atoms with Crippen molar-refractivity contribution in [1.82, 2.24) is 0 Å². The maximum absolute atomic E-state index is 6.18. The first kappa shape index (κ1) is 13.5. The van der Waals surface area contributed by atoms with Gasteiger partial charge in [0.15, 0.2) is 0 Å². The van der Waals surface area contributed by atoms with Gasteiger partial charge in [-0.15, -0.1) is 12.4 Å². The van der Waals surface area contributed by atoms with E-state index in [1.165, 1.54) is 24.8 Å². The first-order chi connectivity index (χ1) is 6.68. The van der Waals surface area contributed by atoms with Crippen LogP contribution in [0.5, 0.6) is 0 Å². The summed E-state index contributed by atoms with van der Waals surface area (Å²) in [6, 6.07) is 6.50. The van der Waals surface area contributed by atoms with Crippen molar-refractivity contribution in [3.8, 4) is 0 Å². The minimum absolute atomic E-state index is 0. The summed E-state index contributed by atoms with van der Waals surface area (Å²) in [7, 11) is 0. The van der Waals surface area contributed by atoms with E-state index in [1.807, 2.05) is 0 Å². The van der Waals surface area contributed by atoms with Gasteiger partial charge in [0.05, 0.1) is 0 Å². The molecule has 0 amide bonds. The zero-order valence-corrected chi connectivity index (χ0v) is 12.2. The zero-order valence-electron chi connectivity index (χ0n) is 8.25. The van der Waals surface area contributed by atoms with Crippen LogP contribution in [-0.2, 0) is 0 Å². The van der Waals surface area contributed by atoms with Gasteiger partial charge in [0.2, 0.25) is 0 Å². The van der Waals surface area contributed by atoms with Gasteiger partial charge in [-0.3, -0.25) is 0 Å². The van der Waals surface area contributed by atoms with Gasteiger partial charge in [-0.05, 0) is 68.3 Å². The first-order valence-corrected chi connectivity index (χ1v) is 6.47. The number of benzene rings is 1. The molecule has 1 aromatic rings. The van der Waals surface area contributed by atoms with Crippen molar-refractivity contribution in [2.45, 2.75) is 25.3 Å². The van der Waals surface area contributed by atoms with E-state index in [4.69, 9.17) is 5.73 Å². The Morgan fingerprint density at radius 2 is 1.87 bits per heavy atom. The van der Waals surface area contributed by atoms with Crippen molar-refractivity contribution in [1.29, 1.82) is 0 Å². The van der Waals surface area contributed by atoms with Gasteiger partial charge in [0.25, 0.3) is 0 Å². The largest absolute Gasteiger partial charge is 0.324 e. The maximum atomic E-state index is 6.18. The Kier molecular flexibility index (Phi) is 5.10. The van der Waals surface area contributed by atoms with Crippen LogP contribution in [0.1, 0.15) is 30.9 Å². The number of nitrogens with two attached hydrogens (primary N) is 1. The van der Waals surface area contributed by atoms with Crippen molar-refractivity contribution in [2.24, 2.45) is 11.7 Å². The molecular weight excluding hydrogens is 341 g/mol. The molecule has 1 aliphatic carbocycles. The summed E-state index contributed by atoms with van der Waals surface area (Å²) < 4.78 is 2.17. The van der Waals surface area contributed by atoms with E-state index in [2.05, 4.69) is 50.1 Å². The number of hydrogen-bond acceptors (Lipinski definition) is 1. The van der Waals surface area contributed by atoms with Crippen molar-refractivity contribution >= 4 is 44.3 Å². The summed E-state index contributed by atoms with van der Waals surface area (Å²) in [5, 5.41) is 0. The lowest BCUT2D eigenvalue weighted by Crippen LogP contribution is -2.26. The van der Waals surface area contributed by atoms with Gasteiger partial charge in [0, 0.05) is 15.0 Å². The lowest BCUT2D eigenvalue weighted by atomic mass is 9.78. The summed E-state index contributed by atoms with van der Waals surface area (Å²) in [5.41, 5.74) is 7.42. The average Bonchev–Trinajstić information content (AvgIpc) is 2.06. The molecule has 1 nitrogen and oxygen atoms in total. The van der Waals surface area contributed by atoms with E-state index in [1.54, 1.807) is 0 Å². The molecule has 1 aliphatic rings. The van der Waals surface area contributed by atoms with Crippen LogP contribution in [0.2, 0.25) is 0 Å². The van der Waals surface area contributed by atoms with Crippen molar-refractivity contribution < 1.29 is 0 Å². The van der Waals surface area contributed by atoms with Gasteiger partial charge in [-0.1, -0.05) is 12.5 Å². The second-order valence-corrected chi connectivity index (χ2v) is 5.60. The molecule has 84 valence electrons. The molecule has 0 bridgehead atoms. The Morgan fingerprint density at radius 3 is 2.33 bits per heavy atom. The van der Waals surface area contributed by atoms with E-state index in [0.717, 1.165) is 8.95 Å². The minimum Gasteiger partial charge on any atom is -0.324 e. The molecule has 2 rings (SSSR count). The SMILES string of the molecule is Cl.N[C@H](c1ccc(Br)c(Br)c1)C1CCC1. The zero-order chi connectivity index (χ0) is 10.1. The van der Waals surface area contributed by atoms with Crippen LogP contribution in [0.4, 0.5) is 0 Å². The number of hydrogen-bond donors (Lipinski definition) is 1. The summed E-state index contributed by atoms with van der Waals surface area (Å²) >= 11 is 6.96. The third-order valence-electron chi connectivity index (χ3n) is 2.99. The quantitative estimate of drug-likeness (QED) is 0.834. The molecule has 15 heavy (non-hydrogen) atoms. The third-order valence-corrected chi connectivity index (χ3v) is 4.87. The van der Waals surface area contributed by atoms with E-state index < -0.39 is 0 Å². The van der Waals surface area contributed by atoms with Crippen LogP contribution < -0.4 is 5.73 Å². The monoisotopic (exact) mass is 353 g/mol. The fourth-order valence-corrected chi connectivity index (χ4v) is 2.43. The maximum Gasteiger partial charge on any atom is 0.0323 e. The van der Waals surface area contributed by atoms with Crippen LogP contribution in [0, 0.1) is 5.92 Å². The number of halogens is 3. The lowest BCUT2D eigenvalue weighted by Gasteiger charge is -2.31. The molecule has 0 aliphatic heterocycles. The molecule has 0 spiro atoms. The summed E-state index contributed by atoms with van der Waals surface area (Å²) in [4.78, 5) is 0. The van der Waals surface area contributed by atoms with Gasteiger partial charge in [0.1, 0.15) is 0 Å². The van der Waals surface area contributed by atoms with Crippen LogP contribution in [0.15, 0.2) is 27.1 Å². The Balaban J connectivity index is 0.00000112. The van der Waals surface area contributed by atoms with E-state index in [9.17, 15) is 0 Å². The van der Waals surface area contributed by atoms with Crippen LogP contribution in [0.25, 0.3) is 0 Å². The fraction of sp³-hybridized carbons (Fsp3) is 0.455. The molecular formula is C11H14Br2ClN. The highest BCUT2D eigenvalue weighted by Crippen LogP contribution is 2.37. The third kappa shape index (κ3) is 2.96. The van der Waals surface area contributed by atoms with Crippen LogP contribution in [-0.4, -0.2) is 0 Å². The second kappa shape index (κ2) is 5.67. The molecule has 1 saturated carbocycles. The van der Waals surface area contributed by atoms with Crippen LogP contribution in [0.3, 0.4) is 0 Å². The fourth-order valence-electron chi connectivity index (χ4n) is 1.79. The predicted octanol–water partition coefficient (Wildman–Crippen LogP) is 4.43. The molecule has 1 fully saturated rings. The molecule has 0 unspecified atom stereocenters. The van der Waals surface area contributed by atoms with Crippen molar-refractivity contribution in [3.05, 3.63) is 32.7 Å². The van der Waals surface area contributed by atoms with Crippen molar-refractivity contribution in [3.63, 3.8) is 0 Å². The first-order valence-electron chi connectivity index (χ1n) is 4.89. The summed E-state index contributed by atoms with van der Waals surface area (Å²) in [5.74, 6) is 0.697. The Morgan fingerprint density at radius 1 is 1.20 bits per heavy atom. The van der Waals surface area contributed by atoms with Crippen molar-refractivity contribution in [2.75, 3.05) is 0 Å². The molecule has 0 saturated heterocycles. The van der Waals surface area contributed by atoms with E-state index >= 15 is 0 Å². The van der Waals surface area contributed by atoms with Gasteiger partial charge < -0.3 is 5.73 Å². The predicted molar refractivity (Wildman–Crippen MR) is 73.4 cm³/mol. The highest BCUT2D eigenvalue weighted by Gasteiger charge is 2.25. The van der Waals surface area contributed by atoms with E-state index in [0.29, 0.717) is 5.92 Å². The second-order valence-electron chi connectivity index (χ2n) is 3.89. The number of rotatable bonds is 2. The smallest absolute Gasteiger partial charge is 0.0323 e. The topological polar surface area (TPSA) is 26.0 Å². The molecule has 0 aromatic heterocycles. The standard InChI is InChI=1S/C11H13Br2N.ClH/c12-9-5-4-8(6-10(9)13)11(14)7-2-1-3-7;/h4-7,11H,1-3,14H2;1H/t11-;/m0./s1.